The summed E-state index contributed by atoms with van der Waals surface area (Å²) in [6, 6.07) is 12.7. The minimum atomic E-state index is -3.11. The maximum atomic E-state index is 12.2. The van der Waals surface area contributed by atoms with E-state index in [1.807, 2.05) is 0 Å². The molecule has 0 aromatic heterocycles. The number of rotatable bonds is 5. The van der Waals surface area contributed by atoms with Gasteiger partial charge < -0.3 is 10.1 Å². The van der Waals surface area contributed by atoms with E-state index in [0.717, 1.165) is 6.26 Å². The number of hydrogen-bond acceptors (Lipinski definition) is 5. The zero-order valence-electron chi connectivity index (χ0n) is 13.3. The minimum absolute atomic E-state index is 0.0656. The van der Waals surface area contributed by atoms with Crippen molar-refractivity contribution in [2.75, 3.05) is 18.7 Å². The standard InChI is InChI=1S/C17H17NO5S/c1-23-17(20)14-7-9-15(10-8-14)18-16(19)13-5-3-12(4-6-13)11-24(2,21)22/h3-10H,11H2,1-2H3,(H,18,19). The number of anilines is 1. The molecule has 0 spiro atoms. The van der Waals surface area contributed by atoms with Crippen LogP contribution in [0.1, 0.15) is 26.3 Å². The van der Waals surface area contributed by atoms with E-state index in [0.29, 0.717) is 22.4 Å². The van der Waals surface area contributed by atoms with Crippen molar-refractivity contribution >= 4 is 27.4 Å². The summed E-state index contributed by atoms with van der Waals surface area (Å²) in [5.74, 6) is -0.842. The molecule has 126 valence electrons. The Morgan fingerprint density at radius 2 is 1.50 bits per heavy atom. The van der Waals surface area contributed by atoms with E-state index in [9.17, 15) is 18.0 Å². The largest absolute Gasteiger partial charge is 0.465 e. The third-order valence-electron chi connectivity index (χ3n) is 3.21. The fraction of sp³-hybridized carbons (Fsp3) is 0.176. The Kier molecular flexibility index (Phi) is 5.35. The molecule has 0 saturated heterocycles. The minimum Gasteiger partial charge on any atom is -0.465 e. The van der Waals surface area contributed by atoms with E-state index in [-0.39, 0.29) is 11.7 Å². The van der Waals surface area contributed by atoms with Crippen LogP contribution in [0.5, 0.6) is 0 Å². The highest BCUT2D eigenvalue weighted by Gasteiger charge is 2.09. The smallest absolute Gasteiger partial charge is 0.337 e. The molecule has 1 N–H and O–H groups in total. The number of esters is 1. The fourth-order valence-corrected chi connectivity index (χ4v) is 2.86. The van der Waals surface area contributed by atoms with Gasteiger partial charge in [-0.15, -0.1) is 0 Å². The van der Waals surface area contributed by atoms with Gasteiger partial charge in [0.05, 0.1) is 18.4 Å². The van der Waals surface area contributed by atoms with Gasteiger partial charge in [-0.1, -0.05) is 12.1 Å². The van der Waals surface area contributed by atoms with Crippen LogP contribution in [0.3, 0.4) is 0 Å². The second-order valence-electron chi connectivity index (χ2n) is 5.29. The van der Waals surface area contributed by atoms with Crippen molar-refractivity contribution in [2.45, 2.75) is 5.75 Å². The Morgan fingerprint density at radius 3 is 2.00 bits per heavy atom. The summed E-state index contributed by atoms with van der Waals surface area (Å²) in [6.07, 6.45) is 1.16. The van der Waals surface area contributed by atoms with Gasteiger partial charge in [-0.2, -0.15) is 0 Å². The molecule has 0 bridgehead atoms. The summed E-state index contributed by atoms with van der Waals surface area (Å²) in [7, 11) is -1.81. The summed E-state index contributed by atoms with van der Waals surface area (Å²) < 4.78 is 27.1. The van der Waals surface area contributed by atoms with Gasteiger partial charge in [0.25, 0.3) is 5.91 Å². The SMILES string of the molecule is COC(=O)c1ccc(NC(=O)c2ccc(CS(C)(=O)=O)cc2)cc1. The number of carbonyl (C=O) groups is 2. The normalized spacial score (nSPS) is 10.9. The Hall–Kier alpha value is -2.67. The fourth-order valence-electron chi connectivity index (χ4n) is 2.07. The number of nitrogens with one attached hydrogen (secondary N) is 1. The second-order valence-corrected chi connectivity index (χ2v) is 7.43. The molecule has 7 heteroatoms. The highest BCUT2D eigenvalue weighted by molar-refractivity contribution is 7.89. The molecule has 1 amide bonds. The van der Waals surface area contributed by atoms with E-state index in [2.05, 4.69) is 10.1 Å². The van der Waals surface area contributed by atoms with Crippen LogP contribution in [0.2, 0.25) is 0 Å². The monoisotopic (exact) mass is 347 g/mol. The number of methoxy groups -OCH3 is 1. The molecule has 0 aliphatic heterocycles. The number of amides is 1. The molecular formula is C17H17NO5S. The van der Waals surface area contributed by atoms with Crippen molar-refractivity contribution in [2.24, 2.45) is 0 Å². The summed E-state index contributed by atoms with van der Waals surface area (Å²) in [5.41, 5.74) is 1.95. The number of benzene rings is 2. The molecule has 24 heavy (non-hydrogen) atoms. The molecule has 0 fully saturated rings. The van der Waals surface area contributed by atoms with Crippen LogP contribution in [0, 0.1) is 0 Å². The number of ether oxygens (including phenoxy) is 1. The van der Waals surface area contributed by atoms with Gasteiger partial charge in [0.15, 0.2) is 9.84 Å². The molecule has 6 nitrogen and oxygen atoms in total. The Balaban J connectivity index is 2.05. The third-order valence-corrected chi connectivity index (χ3v) is 4.07. The summed E-state index contributed by atoms with van der Waals surface area (Å²) >= 11 is 0. The molecule has 2 aromatic rings. The molecule has 0 unspecified atom stereocenters. The van der Waals surface area contributed by atoms with Crippen molar-refractivity contribution in [3.63, 3.8) is 0 Å². The molecular weight excluding hydrogens is 330 g/mol. The first-order valence-corrected chi connectivity index (χ1v) is 9.11. The van der Waals surface area contributed by atoms with Gasteiger partial charge in [-0.25, -0.2) is 13.2 Å². The van der Waals surface area contributed by atoms with Gasteiger partial charge in [0, 0.05) is 17.5 Å². The maximum Gasteiger partial charge on any atom is 0.337 e. The van der Waals surface area contributed by atoms with Crippen LogP contribution in [0.4, 0.5) is 5.69 Å². The zero-order valence-corrected chi connectivity index (χ0v) is 14.1. The van der Waals surface area contributed by atoms with Gasteiger partial charge in [-0.3, -0.25) is 4.79 Å². The highest BCUT2D eigenvalue weighted by atomic mass is 32.2. The van der Waals surface area contributed by atoms with E-state index in [1.54, 1.807) is 48.5 Å². The lowest BCUT2D eigenvalue weighted by Gasteiger charge is -2.07. The molecule has 2 aromatic carbocycles. The van der Waals surface area contributed by atoms with Crippen molar-refractivity contribution < 1.29 is 22.7 Å². The van der Waals surface area contributed by atoms with Crippen molar-refractivity contribution in [3.05, 3.63) is 65.2 Å². The lowest BCUT2D eigenvalue weighted by molar-refractivity contribution is 0.0600. The topological polar surface area (TPSA) is 89.5 Å². The lowest BCUT2D eigenvalue weighted by atomic mass is 10.1. The van der Waals surface area contributed by atoms with Crippen molar-refractivity contribution in [3.8, 4) is 0 Å². The number of sulfone groups is 1. The van der Waals surface area contributed by atoms with Crippen molar-refractivity contribution in [1.29, 1.82) is 0 Å². The predicted octanol–water partition coefficient (Wildman–Crippen LogP) is 2.27. The summed E-state index contributed by atoms with van der Waals surface area (Å²) in [4.78, 5) is 23.5. The van der Waals surface area contributed by atoms with Gasteiger partial charge in [0.1, 0.15) is 0 Å². The molecule has 0 saturated carbocycles. The maximum absolute atomic E-state index is 12.2. The first-order chi connectivity index (χ1) is 11.3. The Morgan fingerprint density at radius 1 is 0.958 bits per heavy atom. The first kappa shape index (κ1) is 17.7. The van der Waals surface area contributed by atoms with Crippen LogP contribution >= 0.6 is 0 Å². The van der Waals surface area contributed by atoms with Crippen molar-refractivity contribution in [1.82, 2.24) is 0 Å². The first-order valence-electron chi connectivity index (χ1n) is 7.05. The highest BCUT2D eigenvalue weighted by Crippen LogP contribution is 2.13. The number of carbonyl (C=O) groups excluding carboxylic acids is 2. The molecule has 0 radical (unpaired) electrons. The van der Waals surface area contributed by atoms with E-state index in [1.165, 1.54) is 7.11 Å². The van der Waals surface area contributed by atoms with E-state index in [4.69, 9.17) is 0 Å². The molecule has 2 rings (SSSR count). The average molecular weight is 347 g/mol. The molecule has 0 atom stereocenters. The molecule has 0 aliphatic rings. The predicted molar refractivity (Wildman–Crippen MR) is 90.7 cm³/mol. The summed E-state index contributed by atoms with van der Waals surface area (Å²) in [6.45, 7) is 0. The number of hydrogen-bond donors (Lipinski definition) is 1. The molecule has 0 aliphatic carbocycles. The average Bonchev–Trinajstić information content (AvgIpc) is 2.54. The van der Waals surface area contributed by atoms with Crippen LogP contribution in [-0.2, 0) is 20.3 Å². The second kappa shape index (κ2) is 7.27. The van der Waals surface area contributed by atoms with Crippen LogP contribution in [0.25, 0.3) is 0 Å². The Labute approximate surface area is 140 Å². The van der Waals surface area contributed by atoms with E-state index < -0.39 is 15.8 Å². The van der Waals surface area contributed by atoms with Crippen LogP contribution < -0.4 is 5.32 Å². The summed E-state index contributed by atoms with van der Waals surface area (Å²) in [5, 5.41) is 2.70. The van der Waals surface area contributed by atoms with Gasteiger partial charge in [0.2, 0.25) is 0 Å². The quantitative estimate of drug-likeness (QED) is 0.838. The van der Waals surface area contributed by atoms with Crippen LogP contribution in [-0.4, -0.2) is 33.7 Å². The third kappa shape index (κ3) is 4.92. The van der Waals surface area contributed by atoms with Crippen LogP contribution in [0.15, 0.2) is 48.5 Å². The van der Waals surface area contributed by atoms with Gasteiger partial charge in [-0.05, 0) is 42.0 Å². The molecule has 0 heterocycles. The zero-order chi connectivity index (χ0) is 17.7. The van der Waals surface area contributed by atoms with Gasteiger partial charge >= 0.3 is 5.97 Å². The van der Waals surface area contributed by atoms with E-state index >= 15 is 0 Å². The Bertz CT molecular complexity index is 840. The lowest BCUT2D eigenvalue weighted by Crippen LogP contribution is -2.12.